The van der Waals surface area contributed by atoms with E-state index in [0.717, 1.165) is 11.1 Å². The van der Waals surface area contributed by atoms with Crippen molar-refractivity contribution < 1.29 is 0 Å². The van der Waals surface area contributed by atoms with Crippen LogP contribution in [-0.2, 0) is 0 Å². The van der Waals surface area contributed by atoms with Crippen molar-refractivity contribution in [3.63, 3.8) is 0 Å². The van der Waals surface area contributed by atoms with Gasteiger partial charge in [0.25, 0.3) is 0 Å². The second kappa shape index (κ2) is 4.24. The molecule has 0 saturated heterocycles. The van der Waals surface area contributed by atoms with Crippen LogP contribution in [0.15, 0.2) is 47.2 Å². The highest BCUT2D eigenvalue weighted by atomic mass is 32.1. The second-order valence-electron chi connectivity index (χ2n) is 3.14. The van der Waals surface area contributed by atoms with Gasteiger partial charge in [-0.3, -0.25) is 0 Å². The third kappa shape index (κ3) is 2.71. The molecule has 1 heterocycles. The summed E-state index contributed by atoms with van der Waals surface area (Å²) in [5, 5.41) is 4.16. The summed E-state index contributed by atoms with van der Waals surface area (Å²) in [6.45, 7) is 12.0. The Labute approximate surface area is 83.9 Å². The third-order valence-corrected chi connectivity index (χ3v) is 2.64. The van der Waals surface area contributed by atoms with Crippen molar-refractivity contribution in [3.8, 4) is 0 Å². The Morgan fingerprint density at radius 2 is 2.08 bits per heavy atom. The van der Waals surface area contributed by atoms with E-state index in [-0.39, 0.29) is 0 Å². The van der Waals surface area contributed by atoms with E-state index >= 15 is 0 Å². The van der Waals surface area contributed by atoms with Crippen LogP contribution in [0.2, 0.25) is 0 Å². The molecule has 0 fully saturated rings. The van der Waals surface area contributed by atoms with Crippen LogP contribution < -0.4 is 0 Å². The first-order chi connectivity index (χ1) is 6.11. The Kier molecular flexibility index (Phi) is 3.26. The van der Waals surface area contributed by atoms with E-state index in [1.807, 2.05) is 6.92 Å². The van der Waals surface area contributed by atoms with Gasteiger partial charge in [-0.15, -0.1) is 0 Å². The Bertz CT molecular complexity index is 339. The molecule has 0 unspecified atom stereocenters. The second-order valence-corrected chi connectivity index (χ2v) is 3.92. The standard InChI is InChI=1S/C12H14S/c1-9(2)10(3)7-11(4)12-5-6-13-8-12/h5-8H,1,4H2,2-3H3/b10-7-. The van der Waals surface area contributed by atoms with E-state index in [0.29, 0.717) is 0 Å². The van der Waals surface area contributed by atoms with E-state index < -0.39 is 0 Å². The highest BCUT2D eigenvalue weighted by molar-refractivity contribution is 7.08. The molecule has 0 aromatic carbocycles. The van der Waals surface area contributed by atoms with Gasteiger partial charge in [0.05, 0.1) is 0 Å². The highest BCUT2D eigenvalue weighted by Gasteiger charge is 1.96. The Hall–Kier alpha value is -1.08. The topological polar surface area (TPSA) is 0 Å². The van der Waals surface area contributed by atoms with Gasteiger partial charge in [-0.05, 0) is 47.4 Å². The van der Waals surface area contributed by atoms with Gasteiger partial charge in [0, 0.05) is 0 Å². The van der Waals surface area contributed by atoms with Crippen LogP contribution in [0.1, 0.15) is 19.4 Å². The quantitative estimate of drug-likeness (QED) is 0.624. The smallest absolute Gasteiger partial charge is 0.00149 e. The predicted molar refractivity (Wildman–Crippen MR) is 61.9 cm³/mol. The molecule has 0 atom stereocenters. The minimum atomic E-state index is 1.06. The van der Waals surface area contributed by atoms with Crippen molar-refractivity contribution in [2.45, 2.75) is 13.8 Å². The summed E-state index contributed by atoms with van der Waals surface area (Å²) >= 11 is 1.69. The summed E-state index contributed by atoms with van der Waals surface area (Å²) in [5.74, 6) is 0. The lowest BCUT2D eigenvalue weighted by atomic mass is 10.1. The zero-order valence-corrected chi connectivity index (χ0v) is 8.95. The molecule has 0 aliphatic rings. The molecule has 1 aromatic heterocycles. The minimum Gasteiger partial charge on any atom is -0.152 e. The summed E-state index contributed by atoms with van der Waals surface area (Å²) in [4.78, 5) is 0. The average molecular weight is 190 g/mol. The van der Waals surface area contributed by atoms with Crippen molar-refractivity contribution in [3.05, 3.63) is 52.8 Å². The van der Waals surface area contributed by atoms with Gasteiger partial charge in [0.1, 0.15) is 0 Å². The van der Waals surface area contributed by atoms with Crippen molar-refractivity contribution in [1.82, 2.24) is 0 Å². The molecule has 1 heteroatoms. The maximum absolute atomic E-state index is 4.01. The fourth-order valence-electron chi connectivity index (χ4n) is 0.915. The summed E-state index contributed by atoms with van der Waals surface area (Å²) in [6.07, 6.45) is 2.07. The van der Waals surface area contributed by atoms with Crippen LogP contribution in [-0.4, -0.2) is 0 Å². The monoisotopic (exact) mass is 190 g/mol. The summed E-state index contributed by atoms with van der Waals surface area (Å²) in [5.41, 5.74) is 4.54. The molecule has 1 rings (SSSR count). The lowest BCUT2D eigenvalue weighted by molar-refractivity contribution is 1.37. The predicted octanol–water partition coefficient (Wildman–Crippen LogP) is 4.28. The van der Waals surface area contributed by atoms with Gasteiger partial charge in [0.15, 0.2) is 0 Å². The van der Waals surface area contributed by atoms with Gasteiger partial charge in [-0.1, -0.05) is 24.8 Å². The lowest BCUT2D eigenvalue weighted by Crippen LogP contribution is -1.79. The first-order valence-electron chi connectivity index (χ1n) is 4.17. The van der Waals surface area contributed by atoms with Gasteiger partial charge >= 0.3 is 0 Å². The number of hydrogen-bond acceptors (Lipinski definition) is 1. The first kappa shape index (κ1) is 10.0. The molecule has 1 aromatic rings. The van der Waals surface area contributed by atoms with E-state index in [9.17, 15) is 0 Å². The Morgan fingerprint density at radius 1 is 1.38 bits per heavy atom. The van der Waals surface area contributed by atoms with Crippen LogP contribution in [0.3, 0.4) is 0 Å². The van der Waals surface area contributed by atoms with Crippen LogP contribution in [0.5, 0.6) is 0 Å². The molecule has 13 heavy (non-hydrogen) atoms. The van der Waals surface area contributed by atoms with E-state index in [2.05, 4.69) is 43.0 Å². The molecule has 0 nitrogen and oxygen atoms in total. The minimum absolute atomic E-state index is 1.06. The molecule has 0 aliphatic heterocycles. The molecular formula is C12H14S. The Morgan fingerprint density at radius 3 is 2.54 bits per heavy atom. The van der Waals surface area contributed by atoms with Crippen molar-refractivity contribution in [1.29, 1.82) is 0 Å². The van der Waals surface area contributed by atoms with Gasteiger partial charge in [0.2, 0.25) is 0 Å². The number of rotatable bonds is 3. The molecule has 0 saturated carbocycles. The van der Waals surface area contributed by atoms with Crippen LogP contribution in [0.25, 0.3) is 5.57 Å². The Balaban J connectivity index is 2.82. The number of thiophene rings is 1. The summed E-state index contributed by atoms with van der Waals surface area (Å²) in [6, 6.07) is 2.08. The van der Waals surface area contributed by atoms with Gasteiger partial charge in [-0.25, -0.2) is 0 Å². The molecule has 0 aliphatic carbocycles. The van der Waals surface area contributed by atoms with Crippen molar-refractivity contribution in [2.75, 3.05) is 0 Å². The lowest BCUT2D eigenvalue weighted by Gasteiger charge is -2.00. The van der Waals surface area contributed by atoms with Crippen molar-refractivity contribution >= 4 is 16.9 Å². The molecular weight excluding hydrogens is 176 g/mol. The number of hydrogen-bond donors (Lipinski definition) is 0. The summed E-state index contributed by atoms with van der Waals surface area (Å²) in [7, 11) is 0. The van der Waals surface area contributed by atoms with Crippen LogP contribution >= 0.6 is 11.3 Å². The molecule has 0 radical (unpaired) electrons. The maximum atomic E-state index is 4.01. The van der Waals surface area contributed by atoms with Gasteiger partial charge in [-0.2, -0.15) is 11.3 Å². The average Bonchev–Trinajstić information content (AvgIpc) is 2.55. The zero-order valence-electron chi connectivity index (χ0n) is 8.13. The zero-order chi connectivity index (χ0) is 9.84. The van der Waals surface area contributed by atoms with Crippen molar-refractivity contribution in [2.24, 2.45) is 0 Å². The number of allylic oxidation sites excluding steroid dienone is 4. The van der Waals surface area contributed by atoms with E-state index in [1.54, 1.807) is 11.3 Å². The highest BCUT2D eigenvalue weighted by Crippen LogP contribution is 2.19. The molecule has 0 bridgehead atoms. The fourth-order valence-corrected chi connectivity index (χ4v) is 1.60. The molecule has 0 N–H and O–H groups in total. The SMILES string of the molecule is C=C(C)/C(C)=C\C(=C)c1ccsc1. The largest absolute Gasteiger partial charge is 0.152 e. The van der Waals surface area contributed by atoms with E-state index in [1.165, 1.54) is 11.1 Å². The van der Waals surface area contributed by atoms with Crippen LogP contribution in [0.4, 0.5) is 0 Å². The normalized spacial score (nSPS) is 11.4. The molecule has 0 spiro atoms. The van der Waals surface area contributed by atoms with Crippen LogP contribution in [0, 0.1) is 0 Å². The molecule has 0 amide bonds. The summed E-state index contributed by atoms with van der Waals surface area (Å²) < 4.78 is 0. The first-order valence-corrected chi connectivity index (χ1v) is 5.11. The third-order valence-electron chi connectivity index (χ3n) is 1.96. The fraction of sp³-hybridized carbons (Fsp3) is 0.167. The van der Waals surface area contributed by atoms with E-state index in [4.69, 9.17) is 0 Å². The molecule has 68 valence electrons. The maximum Gasteiger partial charge on any atom is -0.00149 e. The van der Waals surface area contributed by atoms with Gasteiger partial charge < -0.3 is 0 Å².